The topological polar surface area (TPSA) is 49.6 Å². The normalized spacial score (nSPS) is 16.7. The zero-order valence-corrected chi connectivity index (χ0v) is 14.2. The van der Waals surface area contributed by atoms with E-state index in [1.54, 1.807) is 22.7 Å². The number of thioether (sulfide) groups is 1. The fourth-order valence-electron chi connectivity index (χ4n) is 2.51. The first-order valence-corrected chi connectivity index (χ1v) is 9.03. The summed E-state index contributed by atoms with van der Waals surface area (Å²) in [5.74, 6) is 0.555. The molecule has 0 radical (unpaired) electrons. The Balaban J connectivity index is 1.91. The van der Waals surface area contributed by atoms with Gasteiger partial charge in [0.15, 0.2) is 0 Å². The van der Waals surface area contributed by atoms with Gasteiger partial charge in [-0.15, -0.1) is 0 Å². The van der Waals surface area contributed by atoms with Crippen molar-refractivity contribution in [1.82, 2.24) is 4.90 Å². The maximum Gasteiger partial charge on any atom is 0.239 e. The molecular formula is C15H21ClFN3OS. The van der Waals surface area contributed by atoms with Crippen molar-refractivity contribution in [3.63, 3.8) is 0 Å². The number of halogens is 2. The highest BCUT2D eigenvalue weighted by Crippen LogP contribution is 2.27. The van der Waals surface area contributed by atoms with Crippen LogP contribution in [0.15, 0.2) is 18.2 Å². The molecule has 1 aliphatic heterocycles. The number of hydrogen-bond acceptors (Lipinski definition) is 4. The van der Waals surface area contributed by atoms with Crippen LogP contribution in [0.25, 0.3) is 0 Å². The van der Waals surface area contributed by atoms with Crippen molar-refractivity contribution in [3.8, 4) is 0 Å². The lowest BCUT2D eigenvalue weighted by atomic mass is 10.2. The third kappa shape index (κ3) is 4.27. The lowest BCUT2D eigenvalue weighted by Crippen LogP contribution is -2.53. The van der Waals surface area contributed by atoms with Gasteiger partial charge in [-0.3, -0.25) is 4.79 Å². The second-order valence-corrected chi connectivity index (χ2v) is 6.69. The SMILES string of the molecule is CSCC[C@H](N)C(=O)N1CCN(c2ccc(F)cc2Cl)CC1. The van der Waals surface area contributed by atoms with E-state index in [1.165, 1.54) is 12.1 Å². The first-order valence-electron chi connectivity index (χ1n) is 7.26. The molecule has 1 aromatic carbocycles. The first kappa shape index (κ1) is 17.4. The summed E-state index contributed by atoms with van der Waals surface area (Å²) in [6.45, 7) is 2.57. The Morgan fingerprint density at radius 1 is 1.41 bits per heavy atom. The minimum absolute atomic E-state index is 0.0129. The molecule has 4 nitrogen and oxygen atoms in total. The third-order valence-corrected chi connectivity index (χ3v) is 4.74. The molecule has 0 spiro atoms. The van der Waals surface area contributed by atoms with E-state index in [1.807, 2.05) is 6.26 Å². The minimum atomic E-state index is -0.423. The molecule has 1 fully saturated rings. The molecule has 0 unspecified atom stereocenters. The van der Waals surface area contributed by atoms with Crippen molar-refractivity contribution in [2.24, 2.45) is 5.73 Å². The van der Waals surface area contributed by atoms with Crippen LogP contribution < -0.4 is 10.6 Å². The molecule has 1 saturated heterocycles. The van der Waals surface area contributed by atoms with Crippen LogP contribution in [-0.2, 0) is 4.79 Å². The summed E-state index contributed by atoms with van der Waals surface area (Å²) >= 11 is 7.78. The zero-order valence-electron chi connectivity index (χ0n) is 12.6. The number of nitrogens with zero attached hydrogens (tertiary/aromatic N) is 2. The molecule has 1 aliphatic rings. The molecule has 22 heavy (non-hydrogen) atoms. The van der Waals surface area contributed by atoms with E-state index in [2.05, 4.69) is 4.90 Å². The summed E-state index contributed by atoms with van der Waals surface area (Å²) in [6, 6.07) is 3.97. The van der Waals surface area contributed by atoms with Crippen LogP contribution in [0, 0.1) is 5.82 Å². The van der Waals surface area contributed by atoms with E-state index in [9.17, 15) is 9.18 Å². The number of amides is 1. The van der Waals surface area contributed by atoms with Crippen LogP contribution in [0.5, 0.6) is 0 Å². The number of hydrogen-bond donors (Lipinski definition) is 1. The van der Waals surface area contributed by atoms with Gasteiger partial charge in [-0.05, 0) is 36.6 Å². The molecule has 0 aliphatic carbocycles. The Morgan fingerprint density at radius 3 is 2.68 bits per heavy atom. The molecule has 2 rings (SSSR count). The highest BCUT2D eigenvalue weighted by atomic mass is 35.5. The van der Waals surface area contributed by atoms with Crippen LogP contribution in [0.3, 0.4) is 0 Å². The van der Waals surface area contributed by atoms with Crippen LogP contribution in [0.4, 0.5) is 10.1 Å². The van der Waals surface area contributed by atoms with Crippen LogP contribution in [-0.4, -0.2) is 55.0 Å². The number of nitrogens with two attached hydrogens (primary N) is 1. The number of rotatable bonds is 5. The maximum atomic E-state index is 13.1. The van der Waals surface area contributed by atoms with Crippen molar-refractivity contribution < 1.29 is 9.18 Å². The monoisotopic (exact) mass is 345 g/mol. The third-order valence-electron chi connectivity index (χ3n) is 3.79. The zero-order chi connectivity index (χ0) is 16.1. The van der Waals surface area contributed by atoms with Gasteiger partial charge in [0.25, 0.3) is 0 Å². The molecule has 1 amide bonds. The molecule has 1 heterocycles. The van der Waals surface area contributed by atoms with E-state index in [0.29, 0.717) is 37.6 Å². The molecule has 7 heteroatoms. The molecule has 1 aromatic rings. The first-order chi connectivity index (χ1) is 10.5. The molecule has 0 aromatic heterocycles. The number of piperazine rings is 1. The predicted octanol–water partition coefficient (Wildman–Crippen LogP) is 2.21. The van der Waals surface area contributed by atoms with Gasteiger partial charge >= 0.3 is 0 Å². The smallest absolute Gasteiger partial charge is 0.239 e. The van der Waals surface area contributed by atoms with Gasteiger partial charge in [0.05, 0.1) is 16.8 Å². The van der Waals surface area contributed by atoms with Gasteiger partial charge in [0, 0.05) is 26.2 Å². The van der Waals surface area contributed by atoms with E-state index in [0.717, 1.165) is 11.4 Å². The van der Waals surface area contributed by atoms with Gasteiger partial charge < -0.3 is 15.5 Å². The molecular weight excluding hydrogens is 325 g/mol. The fourth-order valence-corrected chi connectivity index (χ4v) is 3.28. The lowest BCUT2D eigenvalue weighted by molar-refractivity contribution is -0.132. The van der Waals surface area contributed by atoms with E-state index < -0.39 is 6.04 Å². The second-order valence-electron chi connectivity index (χ2n) is 5.30. The number of carbonyl (C=O) groups excluding carboxylic acids is 1. The predicted molar refractivity (Wildman–Crippen MR) is 91.2 cm³/mol. The quantitative estimate of drug-likeness (QED) is 0.889. The molecule has 0 bridgehead atoms. The average Bonchev–Trinajstić information content (AvgIpc) is 2.52. The summed E-state index contributed by atoms with van der Waals surface area (Å²) in [6.07, 6.45) is 2.70. The second kappa shape index (κ2) is 8.04. The number of benzene rings is 1. The van der Waals surface area contributed by atoms with E-state index in [-0.39, 0.29) is 11.7 Å². The van der Waals surface area contributed by atoms with E-state index >= 15 is 0 Å². The summed E-state index contributed by atoms with van der Waals surface area (Å²) in [5.41, 5.74) is 6.75. The van der Waals surface area contributed by atoms with Crippen molar-refractivity contribution >= 4 is 35.0 Å². The van der Waals surface area contributed by atoms with Gasteiger partial charge in [0.2, 0.25) is 5.91 Å². The Kier molecular flexibility index (Phi) is 6.35. The molecule has 2 N–H and O–H groups in total. The van der Waals surface area contributed by atoms with Crippen LogP contribution >= 0.6 is 23.4 Å². The van der Waals surface area contributed by atoms with Crippen molar-refractivity contribution in [3.05, 3.63) is 29.0 Å². The summed E-state index contributed by atoms with van der Waals surface area (Å²) < 4.78 is 13.1. The van der Waals surface area contributed by atoms with E-state index in [4.69, 9.17) is 17.3 Å². The Hall–Kier alpha value is -0.980. The van der Waals surface area contributed by atoms with Gasteiger partial charge in [0.1, 0.15) is 5.82 Å². The van der Waals surface area contributed by atoms with Crippen molar-refractivity contribution in [1.29, 1.82) is 0 Å². The van der Waals surface area contributed by atoms with Crippen LogP contribution in [0.1, 0.15) is 6.42 Å². The lowest BCUT2D eigenvalue weighted by Gasteiger charge is -2.37. The molecule has 122 valence electrons. The van der Waals surface area contributed by atoms with Gasteiger partial charge in [-0.1, -0.05) is 11.6 Å². The Bertz CT molecular complexity index is 524. The average molecular weight is 346 g/mol. The summed E-state index contributed by atoms with van der Waals surface area (Å²) in [5, 5.41) is 0.399. The highest BCUT2D eigenvalue weighted by molar-refractivity contribution is 7.98. The van der Waals surface area contributed by atoms with Crippen molar-refractivity contribution in [2.75, 3.05) is 43.1 Å². The van der Waals surface area contributed by atoms with Crippen LogP contribution in [0.2, 0.25) is 5.02 Å². The minimum Gasteiger partial charge on any atom is -0.367 e. The molecule has 1 atom stereocenters. The largest absolute Gasteiger partial charge is 0.367 e. The van der Waals surface area contributed by atoms with Gasteiger partial charge in [-0.2, -0.15) is 11.8 Å². The highest BCUT2D eigenvalue weighted by Gasteiger charge is 2.25. The summed E-state index contributed by atoms with van der Waals surface area (Å²) in [7, 11) is 0. The van der Waals surface area contributed by atoms with Crippen molar-refractivity contribution in [2.45, 2.75) is 12.5 Å². The fraction of sp³-hybridized carbons (Fsp3) is 0.533. The number of anilines is 1. The number of carbonyl (C=O) groups is 1. The Labute approximate surface area is 139 Å². The standard InChI is InChI=1S/C15H21ClFN3OS/c1-22-9-4-13(18)15(21)20-7-5-19(6-8-20)14-3-2-11(17)10-12(14)16/h2-3,10,13H,4-9,18H2,1H3/t13-/m0/s1. The Morgan fingerprint density at radius 2 is 2.09 bits per heavy atom. The molecule has 0 saturated carbocycles. The summed E-state index contributed by atoms with van der Waals surface area (Å²) in [4.78, 5) is 16.1. The van der Waals surface area contributed by atoms with Gasteiger partial charge in [-0.25, -0.2) is 4.39 Å². The maximum absolute atomic E-state index is 13.1.